The number of rotatable bonds is 15. The number of allylic oxidation sites excluding steroid dienone is 4. The van der Waals surface area contributed by atoms with Crippen LogP contribution in [0.5, 0.6) is 5.75 Å². The summed E-state index contributed by atoms with van der Waals surface area (Å²) in [6, 6.07) is 16.7. The Balaban J connectivity index is 1.29. The fraction of sp³-hybridized carbons (Fsp3) is 0.433. The molecule has 0 aliphatic heterocycles. The summed E-state index contributed by atoms with van der Waals surface area (Å²) in [6.07, 6.45) is 24.0. The van der Waals surface area contributed by atoms with Gasteiger partial charge in [-0.15, -0.1) is 0 Å². The van der Waals surface area contributed by atoms with Crippen molar-refractivity contribution in [2.75, 3.05) is 6.61 Å². The van der Waals surface area contributed by atoms with Crippen LogP contribution >= 0.6 is 0 Å². The third-order valence-corrected chi connectivity index (χ3v) is 6.04. The summed E-state index contributed by atoms with van der Waals surface area (Å²) in [7, 11) is 0. The van der Waals surface area contributed by atoms with E-state index in [1.807, 2.05) is 18.3 Å². The van der Waals surface area contributed by atoms with E-state index in [0.29, 0.717) is 5.92 Å². The largest absolute Gasteiger partial charge is 0.494 e. The van der Waals surface area contributed by atoms with Gasteiger partial charge in [-0.2, -0.15) is 0 Å². The zero-order valence-corrected chi connectivity index (χ0v) is 19.7. The lowest BCUT2D eigenvalue weighted by molar-refractivity contribution is 0.304. The van der Waals surface area contributed by atoms with E-state index in [2.05, 4.69) is 72.6 Å². The summed E-state index contributed by atoms with van der Waals surface area (Å²) in [5.41, 5.74) is 3.36. The molecule has 0 spiro atoms. The van der Waals surface area contributed by atoms with Gasteiger partial charge in [-0.05, 0) is 53.9 Å². The molecular formula is C30H39NO. The van der Waals surface area contributed by atoms with Crippen molar-refractivity contribution in [3.05, 3.63) is 84.0 Å². The molecule has 0 heterocycles. The Labute approximate surface area is 195 Å². The lowest BCUT2D eigenvalue weighted by Crippen LogP contribution is -1.97. The maximum absolute atomic E-state index is 5.90. The van der Waals surface area contributed by atoms with Crippen LogP contribution in [0.4, 0.5) is 5.69 Å². The maximum atomic E-state index is 5.90. The fourth-order valence-corrected chi connectivity index (χ4v) is 4.02. The van der Waals surface area contributed by atoms with Crippen molar-refractivity contribution in [3.63, 3.8) is 0 Å². The molecule has 2 heteroatoms. The van der Waals surface area contributed by atoms with E-state index in [1.165, 1.54) is 63.4 Å². The minimum atomic E-state index is 0.404. The van der Waals surface area contributed by atoms with Crippen molar-refractivity contribution in [3.8, 4) is 5.75 Å². The molecule has 2 aromatic carbocycles. The molecule has 170 valence electrons. The molecule has 32 heavy (non-hydrogen) atoms. The molecule has 0 fully saturated rings. The van der Waals surface area contributed by atoms with Gasteiger partial charge in [-0.3, -0.25) is 4.99 Å². The second-order valence-corrected chi connectivity index (χ2v) is 8.74. The van der Waals surface area contributed by atoms with Crippen LogP contribution in [0.1, 0.15) is 88.2 Å². The Kier molecular flexibility index (Phi) is 10.9. The van der Waals surface area contributed by atoms with Gasteiger partial charge < -0.3 is 4.74 Å². The van der Waals surface area contributed by atoms with E-state index in [0.717, 1.165) is 30.0 Å². The highest BCUT2D eigenvalue weighted by Gasteiger charge is 2.06. The third-order valence-electron chi connectivity index (χ3n) is 6.04. The standard InChI is InChI=1S/C30H39NO/c1-2-3-4-5-6-7-8-9-10-13-24-32-30-22-16-26(17-23-30)25-31-29-20-18-28(19-21-29)27-14-11-12-15-27/h11-12,14-23,25,27H,2-10,13,24H2,1H3. The molecule has 1 aliphatic carbocycles. The van der Waals surface area contributed by atoms with Gasteiger partial charge in [0, 0.05) is 12.1 Å². The first-order chi connectivity index (χ1) is 15.8. The molecular weight excluding hydrogens is 390 g/mol. The maximum Gasteiger partial charge on any atom is 0.119 e. The van der Waals surface area contributed by atoms with E-state index in [9.17, 15) is 0 Å². The fourth-order valence-electron chi connectivity index (χ4n) is 4.02. The molecule has 0 radical (unpaired) electrons. The second kappa shape index (κ2) is 14.5. The van der Waals surface area contributed by atoms with Crippen LogP contribution in [0, 0.1) is 0 Å². The van der Waals surface area contributed by atoms with Gasteiger partial charge in [0.15, 0.2) is 0 Å². The number of hydrogen-bond donors (Lipinski definition) is 0. The normalized spacial score (nSPS) is 13.4. The summed E-state index contributed by atoms with van der Waals surface area (Å²) in [6.45, 7) is 3.08. The molecule has 0 atom stereocenters. The number of ether oxygens (including phenoxy) is 1. The van der Waals surface area contributed by atoms with Crippen LogP contribution in [-0.4, -0.2) is 12.8 Å². The first kappa shape index (κ1) is 24.0. The van der Waals surface area contributed by atoms with E-state index in [1.54, 1.807) is 0 Å². The molecule has 0 saturated heterocycles. The summed E-state index contributed by atoms with van der Waals surface area (Å²) in [5.74, 6) is 1.35. The van der Waals surface area contributed by atoms with E-state index < -0.39 is 0 Å². The summed E-state index contributed by atoms with van der Waals surface area (Å²) >= 11 is 0. The Bertz CT molecular complexity index is 833. The first-order valence-corrected chi connectivity index (χ1v) is 12.6. The number of hydrogen-bond acceptors (Lipinski definition) is 2. The Morgan fingerprint density at radius 1 is 0.719 bits per heavy atom. The van der Waals surface area contributed by atoms with Crippen molar-refractivity contribution in [2.24, 2.45) is 4.99 Å². The molecule has 2 nitrogen and oxygen atoms in total. The minimum Gasteiger partial charge on any atom is -0.494 e. The minimum absolute atomic E-state index is 0.404. The topological polar surface area (TPSA) is 21.6 Å². The smallest absolute Gasteiger partial charge is 0.119 e. The Morgan fingerprint density at radius 2 is 1.31 bits per heavy atom. The van der Waals surface area contributed by atoms with Crippen molar-refractivity contribution >= 4 is 11.9 Å². The molecule has 0 amide bonds. The molecule has 0 aromatic heterocycles. The SMILES string of the molecule is CCCCCCCCCCCCOc1ccc(C=Nc2ccc(C3C=CC=C3)cc2)cc1. The summed E-state index contributed by atoms with van der Waals surface area (Å²) in [4.78, 5) is 4.60. The zero-order valence-electron chi connectivity index (χ0n) is 19.7. The van der Waals surface area contributed by atoms with Crippen LogP contribution in [0.3, 0.4) is 0 Å². The molecule has 0 saturated carbocycles. The highest BCUT2D eigenvalue weighted by Crippen LogP contribution is 2.25. The molecule has 0 N–H and O–H groups in total. The highest BCUT2D eigenvalue weighted by molar-refractivity contribution is 5.82. The average Bonchev–Trinajstić information content (AvgIpc) is 3.37. The van der Waals surface area contributed by atoms with Gasteiger partial charge in [0.25, 0.3) is 0 Å². The molecule has 1 aliphatic rings. The van der Waals surface area contributed by atoms with E-state index in [-0.39, 0.29) is 0 Å². The van der Waals surface area contributed by atoms with E-state index in [4.69, 9.17) is 4.74 Å². The highest BCUT2D eigenvalue weighted by atomic mass is 16.5. The number of nitrogens with zero attached hydrogens (tertiary/aromatic N) is 1. The Morgan fingerprint density at radius 3 is 1.94 bits per heavy atom. The van der Waals surface area contributed by atoms with Crippen LogP contribution in [-0.2, 0) is 0 Å². The van der Waals surface area contributed by atoms with Crippen molar-refractivity contribution in [1.29, 1.82) is 0 Å². The van der Waals surface area contributed by atoms with Crippen molar-refractivity contribution < 1.29 is 4.74 Å². The number of aliphatic imine (C=N–C) groups is 1. The Hall–Kier alpha value is -2.61. The zero-order chi connectivity index (χ0) is 22.3. The first-order valence-electron chi connectivity index (χ1n) is 12.6. The van der Waals surface area contributed by atoms with Crippen LogP contribution in [0.2, 0.25) is 0 Å². The predicted molar refractivity (Wildman–Crippen MR) is 138 cm³/mol. The van der Waals surface area contributed by atoms with Crippen LogP contribution in [0.15, 0.2) is 77.8 Å². The predicted octanol–water partition coefficient (Wildman–Crippen LogP) is 8.95. The summed E-state index contributed by atoms with van der Waals surface area (Å²) in [5, 5.41) is 0. The summed E-state index contributed by atoms with van der Waals surface area (Å²) < 4.78 is 5.90. The van der Waals surface area contributed by atoms with Crippen molar-refractivity contribution in [2.45, 2.75) is 77.0 Å². The second-order valence-electron chi connectivity index (χ2n) is 8.74. The average molecular weight is 430 g/mol. The number of benzene rings is 2. The van der Waals surface area contributed by atoms with Crippen molar-refractivity contribution in [1.82, 2.24) is 0 Å². The molecule has 2 aromatic rings. The van der Waals surface area contributed by atoms with Crippen LogP contribution < -0.4 is 4.74 Å². The lowest BCUT2D eigenvalue weighted by Gasteiger charge is -2.07. The van der Waals surface area contributed by atoms with Gasteiger partial charge in [0.1, 0.15) is 5.75 Å². The van der Waals surface area contributed by atoms with Gasteiger partial charge in [-0.25, -0.2) is 0 Å². The number of unbranched alkanes of at least 4 members (excludes halogenated alkanes) is 9. The third kappa shape index (κ3) is 8.86. The van der Waals surface area contributed by atoms with Gasteiger partial charge in [0.2, 0.25) is 0 Å². The molecule has 0 unspecified atom stereocenters. The van der Waals surface area contributed by atoms with Gasteiger partial charge in [-0.1, -0.05) is 101 Å². The van der Waals surface area contributed by atoms with Gasteiger partial charge >= 0.3 is 0 Å². The molecule has 3 rings (SSSR count). The monoisotopic (exact) mass is 429 g/mol. The quantitative estimate of drug-likeness (QED) is 0.204. The van der Waals surface area contributed by atoms with E-state index >= 15 is 0 Å². The van der Waals surface area contributed by atoms with Crippen LogP contribution in [0.25, 0.3) is 0 Å². The molecule has 0 bridgehead atoms. The lowest BCUT2D eigenvalue weighted by atomic mass is 10.0. The van der Waals surface area contributed by atoms with Gasteiger partial charge in [0.05, 0.1) is 12.3 Å².